The summed E-state index contributed by atoms with van der Waals surface area (Å²) in [7, 11) is 0. The first-order valence-corrected chi connectivity index (χ1v) is 5.78. The van der Waals surface area contributed by atoms with Gasteiger partial charge in [-0.25, -0.2) is 4.99 Å². The van der Waals surface area contributed by atoms with Crippen LogP contribution in [0.15, 0.2) is 41.4 Å². The molecule has 0 saturated carbocycles. The zero-order valence-corrected chi connectivity index (χ0v) is 10.1. The monoisotopic (exact) mass is 279 g/mol. The third-order valence-electron chi connectivity index (χ3n) is 2.89. The van der Waals surface area contributed by atoms with Gasteiger partial charge in [-0.05, 0) is 0 Å². The lowest BCUT2D eigenvalue weighted by Crippen LogP contribution is -2.31. The number of carbonyl (C=O) groups excluding carboxylic acids is 1. The SMILES string of the molecule is O=C1CC(C(F)(F)F)=Nc2cc(-c3ccccc3)nn21. The first-order chi connectivity index (χ1) is 9.45. The zero-order valence-electron chi connectivity index (χ0n) is 10.1. The highest BCUT2D eigenvalue weighted by Gasteiger charge is 2.40. The highest BCUT2D eigenvalue weighted by molar-refractivity contribution is 6.08. The molecule has 0 N–H and O–H groups in total. The van der Waals surface area contributed by atoms with Gasteiger partial charge in [-0.15, -0.1) is 0 Å². The van der Waals surface area contributed by atoms with Gasteiger partial charge in [-0.1, -0.05) is 30.3 Å². The van der Waals surface area contributed by atoms with Crippen molar-refractivity contribution in [3.05, 3.63) is 36.4 Å². The van der Waals surface area contributed by atoms with Gasteiger partial charge in [0, 0.05) is 11.6 Å². The number of alkyl halides is 3. The van der Waals surface area contributed by atoms with Crippen molar-refractivity contribution in [3.8, 4) is 11.3 Å². The Balaban J connectivity index is 2.08. The summed E-state index contributed by atoms with van der Waals surface area (Å²) in [5, 5.41) is 4.01. The molecule has 1 aromatic heterocycles. The summed E-state index contributed by atoms with van der Waals surface area (Å²) in [4.78, 5) is 15.2. The van der Waals surface area contributed by atoms with Crippen LogP contribution in [0.4, 0.5) is 19.0 Å². The van der Waals surface area contributed by atoms with Gasteiger partial charge in [0.05, 0.1) is 12.1 Å². The Hall–Kier alpha value is -2.44. The molecule has 2 heterocycles. The number of aromatic nitrogens is 2. The van der Waals surface area contributed by atoms with E-state index in [1.807, 2.05) is 6.07 Å². The molecule has 0 unspecified atom stereocenters. The van der Waals surface area contributed by atoms with Crippen LogP contribution >= 0.6 is 0 Å². The molecule has 0 fully saturated rings. The van der Waals surface area contributed by atoms with Crippen LogP contribution in [0.3, 0.4) is 0 Å². The van der Waals surface area contributed by atoms with E-state index in [-0.39, 0.29) is 5.82 Å². The van der Waals surface area contributed by atoms with Crippen LogP contribution in [0.25, 0.3) is 11.3 Å². The van der Waals surface area contributed by atoms with Gasteiger partial charge in [-0.2, -0.15) is 23.0 Å². The van der Waals surface area contributed by atoms with Gasteiger partial charge in [0.25, 0.3) is 5.91 Å². The van der Waals surface area contributed by atoms with E-state index in [0.717, 1.165) is 4.68 Å². The second kappa shape index (κ2) is 4.29. The molecule has 3 rings (SSSR count). The van der Waals surface area contributed by atoms with E-state index in [1.54, 1.807) is 24.3 Å². The summed E-state index contributed by atoms with van der Waals surface area (Å²) >= 11 is 0. The van der Waals surface area contributed by atoms with Crippen LogP contribution in [-0.2, 0) is 0 Å². The molecule has 1 aliphatic heterocycles. The maximum Gasteiger partial charge on any atom is 0.430 e. The Bertz CT molecular complexity index is 701. The normalized spacial score (nSPS) is 14.9. The minimum Gasteiger partial charge on any atom is -0.272 e. The van der Waals surface area contributed by atoms with Crippen molar-refractivity contribution >= 4 is 17.4 Å². The van der Waals surface area contributed by atoms with Gasteiger partial charge < -0.3 is 0 Å². The fraction of sp³-hybridized carbons (Fsp3) is 0.154. The summed E-state index contributed by atoms with van der Waals surface area (Å²) in [6, 6.07) is 10.3. The molecular weight excluding hydrogens is 271 g/mol. The van der Waals surface area contributed by atoms with Gasteiger partial charge in [0.15, 0.2) is 5.82 Å². The van der Waals surface area contributed by atoms with E-state index in [9.17, 15) is 18.0 Å². The molecular formula is C13H8F3N3O. The number of hydrogen-bond donors (Lipinski definition) is 0. The number of hydrogen-bond acceptors (Lipinski definition) is 3. The summed E-state index contributed by atoms with van der Waals surface area (Å²) in [6.07, 6.45) is -5.38. The van der Waals surface area contributed by atoms with E-state index < -0.39 is 24.2 Å². The van der Waals surface area contributed by atoms with Gasteiger partial charge in [0.2, 0.25) is 0 Å². The molecule has 102 valence electrons. The largest absolute Gasteiger partial charge is 0.430 e. The first-order valence-electron chi connectivity index (χ1n) is 5.78. The van der Waals surface area contributed by atoms with E-state index in [4.69, 9.17) is 0 Å². The standard InChI is InChI=1S/C13H8F3N3O/c14-13(15,16)10-7-12(20)19-11(17-10)6-9(18-19)8-4-2-1-3-5-8/h1-6H,7H2. The number of aliphatic imine (C=N–C) groups is 1. The van der Waals surface area contributed by atoms with E-state index >= 15 is 0 Å². The average Bonchev–Trinajstić information content (AvgIpc) is 2.83. The zero-order chi connectivity index (χ0) is 14.3. The van der Waals surface area contributed by atoms with Crippen LogP contribution < -0.4 is 0 Å². The number of nitrogens with zero attached hydrogens (tertiary/aromatic N) is 3. The van der Waals surface area contributed by atoms with Crippen molar-refractivity contribution in [2.45, 2.75) is 12.6 Å². The van der Waals surface area contributed by atoms with Crippen molar-refractivity contribution < 1.29 is 18.0 Å². The smallest absolute Gasteiger partial charge is 0.272 e. The number of carbonyl (C=O) groups is 1. The van der Waals surface area contributed by atoms with Crippen molar-refractivity contribution in [2.24, 2.45) is 4.99 Å². The minimum atomic E-state index is -4.60. The molecule has 0 saturated heterocycles. The number of halogens is 3. The molecule has 0 radical (unpaired) electrons. The topological polar surface area (TPSA) is 47.2 Å². The molecule has 4 nitrogen and oxygen atoms in total. The highest BCUT2D eigenvalue weighted by Crippen LogP contribution is 2.30. The number of rotatable bonds is 1. The molecule has 2 aromatic rings. The van der Waals surface area contributed by atoms with Crippen LogP contribution in [0.2, 0.25) is 0 Å². The van der Waals surface area contributed by atoms with Crippen molar-refractivity contribution in [1.82, 2.24) is 9.78 Å². The van der Waals surface area contributed by atoms with Crippen LogP contribution in [-0.4, -0.2) is 27.6 Å². The molecule has 7 heteroatoms. The lowest BCUT2D eigenvalue weighted by molar-refractivity contribution is -0.0604. The summed E-state index contributed by atoms with van der Waals surface area (Å²) in [5.41, 5.74) is 0.0431. The lowest BCUT2D eigenvalue weighted by atomic mass is 10.1. The summed E-state index contributed by atoms with van der Waals surface area (Å²) < 4.78 is 38.8. The molecule has 0 bridgehead atoms. The third kappa shape index (κ3) is 2.11. The van der Waals surface area contributed by atoms with Crippen molar-refractivity contribution in [3.63, 3.8) is 0 Å². The predicted octanol–water partition coefficient (Wildman–Crippen LogP) is 3.23. The number of fused-ring (bicyclic) bond motifs is 1. The Morgan fingerprint density at radius 1 is 1.15 bits per heavy atom. The van der Waals surface area contributed by atoms with Crippen molar-refractivity contribution in [2.75, 3.05) is 0 Å². The lowest BCUT2D eigenvalue weighted by Gasteiger charge is -2.14. The Labute approximate surface area is 111 Å². The van der Waals surface area contributed by atoms with Crippen molar-refractivity contribution in [1.29, 1.82) is 0 Å². The Kier molecular flexibility index (Phi) is 2.70. The molecule has 0 amide bonds. The molecule has 0 aliphatic carbocycles. The summed E-state index contributed by atoms with van der Waals surface area (Å²) in [5.74, 6) is -0.822. The number of benzene rings is 1. The second-order valence-corrected chi connectivity index (χ2v) is 4.29. The predicted molar refractivity (Wildman–Crippen MR) is 66.1 cm³/mol. The second-order valence-electron chi connectivity index (χ2n) is 4.29. The molecule has 20 heavy (non-hydrogen) atoms. The van der Waals surface area contributed by atoms with Gasteiger partial charge in [-0.3, -0.25) is 4.79 Å². The first kappa shape index (κ1) is 12.6. The fourth-order valence-electron chi connectivity index (χ4n) is 1.94. The minimum absolute atomic E-state index is 0.0903. The Morgan fingerprint density at radius 2 is 1.85 bits per heavy atom. The van der Waals surface area contributed by atoms with Gasteiger partial charge >= 0.3 is 6.18 Å². The quantitative estimate of drug-likeness (QED) is 0.804. The van der Waals surface area contributed by atoms with E-state index in [2.05, 4.69) is 10.1 Å². The fourth-order valence-corrected chi connectivity index (χ4v) is 1.94. The maximum atomic E-state index is 12.6. The highest BCUT2D eigenvalue weighted by atomic mass is 19.4. The maximum absolute atomic E-state index is 12.6. The van der Waals surface area contributed by atoms with Crippen LogP contribution in [0.5, 0.6) is 0 Å². The van der Waals surface area contributed by atoms with Crippen LogP contribution in [0.1, 0.15) is 11.2 Å². The van der Waals surface area contributed by atoms with E-state index in [1.165, 1.54) is 6.07 Å². The molecule has 1 aromatic carbocycles. The van der Waals surface area contributed by atoms with Gasteiger partial charge in [0.1, 0.15) is 5.71 Å². The molecule has 0 atom stereocenters. The molecule has 1 aliphatic rings. The summed E-state index contributed by atoms with van der Waals surface area (Å²) in [6.45, 7) is 0. The average molecular weight is 279 g/mol. The third-order valence-corrected chi connectivity index (χ3v) is 2.89. The molecule has 0 spiro atoms. The Morgan fingerprint density at radius 3 is 2.50 bits per heavy atom. The van der Waals surface area contributed by atoms with Crippen LogP contribution in [0, 0.1) is 0 Å². The van der Waals surface area contributed by atoms with E-state index in [0.29, 0.717) is 11.3 Å².